The lowest BCUT2D eigenvalue weighted by Crippen LogP contribution is -2.23. The second kappa shape index (κ2) is 7.34. The van der Waals surface area contributed by atoms with Gasteiger partial charge in [0.15, 0.2) is 6.61 Å². The molecule has 1 amide bonds. The second-order valence-electron chi connectivity index (χ2n) is 4.61. The quantitative estimate of drug-likeness (QED) is 0.454. The molecule has 0 spiro atoms. The van der Waals surface area contributed by atoms with Gasteiger partial charge in [0.05, 0.1) is 0 Å². The first-order chi connectivity index (χ1) is 10.2. The van der Waals surface area contributed by atoms with E-state index in [-0.39, 0.29) is 19.1 Å². The predicted octanol–water partition coefficient (Wildman–Crippen LogP) is 1.76. The first kappa shape index (κ1) is 14.9. The van der Waals surface area contributed by atoms with Crippen molar-refractivity contribution >= 4 is 17.6 Å². The number of anilines is 1. The van der Waals surface area contributed by atoms with Crippen LogP contribution in [-0.4, -0.2) is 31.6 Å². The Morgan fingerprint density at radius 1 is 1.33 bits per heavy atom. The van der Waals surface area contributed by atoms with Crippen LogP contribution in [0.1, 0.15) is 19.3 Å². The molecule has 1 aromatic carbocycles. The summed E-state index contributed by atoms with van der Waals surface area (Å²) in [5.74, 6) is 2.62. The van der Waals surface area contributed by atoms with Gasteiger partial charge in [0.25, 0.3) is 0 Å². The summed E-state index contributed by atoms with van der Waals surface area (Å²) in [6.45, 7) is 0.793. The molecule has 5 nitrogen and oxygen atoms in total. The van der Waals surface area contributed by atoms with Gasteiger partial charge in [-0.2, -0.15) is 0 Å². The fourth-order valence-electron chi connectivity index (χ4n) is 2.05. The van der Waals surface area contributed by atoms with E-state index >= 15 is 0 Å². The molecule has 0 aromatic heterocycles. The number of carbonyl (C=O) groups excluding carboxylic acids is 2. The molecule has 2 rings (SSSR count). The molecular weight excluding hydrogens is 270 g/mol. The molecule has 5 heteroatoms. The number of terminal acetylenes is 1. The number of hydrogen-bond acceptors (Lipinski definition) is 4. The average molecular weight is 287 g/mol. The summed E-state index contributed by atoms with van der Waals surface area (Å²) >= 11 is 0. The zero-order chi connectivity index (χ0) is 15.1. The Bertz CT molecular complexity index is 544. The van der Waals surface area contributed by atoms with Crippen LogP contribution in [0.25, 0.3) is 0 Å². The van der Waals surface area contributed by atoms with Crippen LogP contribution in [0, 0.1) is 12.3 Å². The highest BCUT2D eigenvalue weighted by Gasteiger charge is 2.21. The fourth-order valence-corrected chi connectivity index (χ4v) is 2.05. The van der Waals surface area contributed by atoms with Gasteiger partial charge >= 0.3 is 5.97 Å². The van der Waals surface area contributed by atoms with Crippen LogP contribution in [-0.2, 0) is 14.3 Å². The van der Waals surface area contributed by atoms with Crippen LogP contribution < -0.4 is 9.64 Å². The summed E-state index contributed by atoms with van der Waals surface area (Å²) < 4.78 is 10.2. The lowest BCUT2D eigenvalue weighted by Gasteiger charge is -2.16. The molecule has 1 aromatic rings. The van der Waals surface area contributed by atoms with Gasteiger partial charge in [-0.3, -0.25) is 4.79 Å². The van der Waals surface area contributed by atoms with Crippen molar-refractivity contribution in [3.8, 4) is 18.1 Å². The van der Waals surface area contributed by atoms with Crippen molar-refractivity contribution in [3.05, 3.63) is 24.3 Å². The molecule has 1 aliphatic rings. The van der Waals surface area contributed by atoms with E-state index in [1.54, 1.807) is 17.0 Å². The van der Waals surface area contributed by atoms with Crippen LogP contribution in [0.2, 0.25) is 0 Å². The van der Waals surface area contributed by atoms with E-state index in [4.69, 9.17) is 15.9 Å². The van der Waals surface area contributed by atoms with E-state index in [1.807, 2.05) is 12.1 Å². The maximum Gasteiger partial charge on any atom is 0.344 e. The molecule has 0 saturated carbocycles. The maximum atomic E-state index is 11.6. The van der Waals surface area contributed by atoms with Crippen LogP contribution in [0.5, 0.6) is 5.75 Å². The Balaban J connectivity index is 1.81. The molecule has 0 radical (unpaired) electrons. The Morgan fingerprint density at radius 2 is 2.10 bits per heavy atom. The third-order valence-electron chi connectivity index (χ3n) is 3.09. The van der Waals surface area contributed by atoms with Gasteiger partial charge in [-0.25, -0.2) is 4.79 Å². The van der Waals surface area contributed by atoms with Crippen molar-refractivity contribution in [1.29, 1.82) is 0 Å². The predicted molar refractivity (Wildman–Crippen MR) is 77.9 cm³/mol. The van der Waals surface area contributed by atoms with Crippen LogP contribution in [0.4, 0.5) is 5.69 Å². The molecule has 0 bridgehead atoms. The number of carbonyl (C=O) groups is 2. The number of ether oxygens (including phenoxy) is 2. The highest BCUT2D eigenvalue weighted by molar-refractivity contribution is 5.95. The zero-order valence-electron chi connectivity index (χ0n) is 11.7. The summed E-state index contributed by atoms with van der Waals surface area (Å²) in [5.41, 5.74) is 0.849. The van der Waals surface area contributed by atoms with E-state index in [0.29, 0.717) is 18.6 Å². The standard InChI is InChI=1S/C16H17NO4/c1-2-3-11-20-16(19)12-21-14-8-6-13(7-9-14)17-10-4-5-15(17)18/h1,6-9H,3-5,10-12H2. The highest BCUT2D eigenvalue weighted by atomic mass is 16.6. The zero-order valence-corrected chi connectivity index (χ0v) is 11.7. The van der Waals surface area contributed by atoms with E-state index in [0.717, 1.165) is 18.7 Å². The minimum absolute atomic E-state index is 0.140. The van der Waals surface area contributed by atoms with E-state index < -0.39 is 5.97 Å². The molecule has 1 saturated heterocycles. The Labute approximate surface area is 123 Å². The van der Waals surface area contributed by atoms with Crippen molar-refractivity contribution in [2.45, 2.75) is 19.3 Å². The molecule has 0 N–H and O–H groups in total. The minimum atomic E-state index is -0.455. The Morgan fingerprint density at radius 3 is 2.71 bits per heavy atom. The van der Waals surface area contributed by atoms with Crippen molar-refractivity contribution in [3.63, 3.8) is 0 Å². The van der Waals surface area contributed by atoms with Crippen molar-refractivity contribution < 1.29 is 19.1 Å². The Hall–Kier alpha value is -2.48. The topological polar surface area (TPSA) is 55.8 Å². The molecule has 0 aliphatic carbocycles. The monoisotopic (exact) mass is 287 g/mol. The number of amides is 1. The third kappa shape index (κ3) is 4.25. The molecule has 1 heterocycles. The average Bonchev–Trinajstić information content (AvgIpc) is 2.92. The SMILES string of the molecule is C#CCCOC(=O)COc1ccc(N2CCCC2=O)cc1. The molecule has 110 valence electrons. The van der Waals surface area contributed by atoms with E-state index in [2.05, 4.69) is 5.92 Å². The van der Waals surface area contributed by atoms with Gasteiger partial charge in [-0.05, 0) is 30.7 Å². The third-order valence-corrected chi connectivity index (χ3v) is 3.09. The number of hydrogen-bond donors (Lipinski definition) is 0. The van der Waals surface area contributed by atoms with Crippen molar-refractivity contribution in [2.24, 2.45) is 0 Å². The van der Waals surface area contributed by atoms with Gasteiger partial charge in [0.1, 0.15) is 12.4 Å². The van der Waals surface area contributed by atoms with Crippen LogP contribution in [0.15, 0.2) is 24.3 Å². The first-order valence-electron chi connectivity index (χ1n) is 6.83. The molecule has 1 aliphatic heterocycles. The molecule has 21 heavy (non-hydrogen) atoms. The fraction of sp³-hybridized carbons (Fsp3) is 0.375. The molecular formula is C16H17NO4. The lowest BCUT2D eigenvalue weighted by molar-refractivity contribution is -0.145. The normalized spacial score (nSPS) is 13.9. The summed E-state index contributed by atoms with van der Waals surface area (Å²) in [7, 11) is 0. The van der Waals surface area contributed by atoms with E-state index in [9.17, 15) is 9.59 Å². The summed E-state index contributed by atoms with van der Waals surface area (Å²) in [6.07, 6.45) is 6.94. The van der Waals surface area contributed by atoms with Gasteiger partial charge < -0.3 is 14.4 Å². The highest BCUT2D eigenvalue weighted by Crippen LogP contribution is 2.23. The number of nitrogens with zero attached hydrogens (tertiary/aromatic N) is 1. The van der Waals surface area contributed by atoms with Crippen molar-refractivity contribution in [2.75, 3.05) is 24.7 Å². The lowest BCUT2D eigenvalue weighted by atomic mass is 10.3. The van der Waals surface area contributed by atoms with Crippen LogP contribution >= 0.6 is 0 Å². The Kier molecular flexibility index (Phi) is 5.22. The molecule has 0 atom stereocenters. The number of benzene rings is 1. The van der Waals surface area contributed by atoms with E-state index in [1.165, 1.54) is 0 Å². The summed E-state index contributed by atoms with van der Waals surface area (Å²) in [6, 6.07) is 7.08. The number of esters is 1. The van der Waals surface area contributed by atoms with Crippen LogP contribution in [0.3, 0.4) is 0 Å². The summed E-state index contributed by atoms with van der Waals surface area (Å²) in [5, 5.41) is 0. The van der Waals surface area contributed by atoms with Gasteiger partial charge in [-0.15, -0.1) is 12.3 Å². The van der Waals surface area contributed by atoms with Gasteiger partial charge in [0.2, 0.25) is 5.91 Å². The molecule has 1 fully saturated rings. The smallest absolute Gasteiger partial charge is 0.344 e. The maximum absolute atomic E-state index is 11.6. The molecule has 0 unspecified atom stereocenters. The number of rotatable bonds is 6. The first-order valence-corrected chi connectivity index (χ1v) is 6.83. The summed E-state index contributed by atoms with van der Waals surface area (Å²) in [4.78, 5) is 24.7. The largest absolute Gasteiger partial charge is 0.482 e. The second-order valence-corrected chi connectivity index (χ2v) is 4.61. The van der Waals surface area contributed by atoms with Crippen molar-refractivity contribution in [1.82, 2.24) is 0 Å². The van der Waals surface area contributed by atoms with Gasteiger partial charge in [0, 0.05) is 25.1 Å². The minimum Gasteiger partial charge on any atom is -0.482 e. The van der Waals surface area contributed by atoms with Gasteiger partial charge in [-0.1, -0.05) is 0 Å².